The summed E-state index contributed by atoms with van der Waals surface area (Å²) in [6.45, 7) is 2.89. The molecular formula is C28H45N7O15. The average molecular weight is 720 g/mol. The lowest BCUT2D eigenvalue weighted by atomic mass is 10.0. The van der Waals surface area contributed by atoms with Crippen molar-refractivity contribution < 1.29 is 73.5 Å². The molecule has 0 saturated heterocycles. The number of carboxylic acid groups (broad SMARTS) is 4. The van der Waals surface area contributed by atoms with Crippen molar-refractivity contribution in [2.24, 2.45) is 11.7 Å². The highest BCUT2D eigenvalue weighted by atomic mass is 16.4. The third kappa shape index (κ3) is 17.7. The second kappa shape index (κ2) is 22.3. The van der Waals surface area contributed by atoms with Gasteiger partial charge in [0.1, 0.15) is 36.3 Å². The Hall–Kier alpha value is -5.38. The zero-order valence-electron chi connectivity index (χ0n) is 27.6. The molecule has 22 heteroatoms. The SMILES string of the molecule is CC(C)C[C@H](NC(=O)[C@H](CO)NC(=O)[C@H](CCC(=O)O)NC(=O)[C@H](CCC(=O)O)NC(=O)[C@H](CC(=O)O)NC(=O)CN)C(=O)N[C@@H](C)C(=O)O. The molecule has 0 spiro atoms. The van der Waals surface area contributed by atoms with E-state index in [1.807, 2.05) is 5.32 Å². The predicted molar refractivity (Wildman–Crippen MR) is 166 cm³/mol. The number of hydrogen-bond acceptors (Lipinski definition) is 12. The first-order valence-electron chi connectivity index (χ1n) is 15.2. The van der Waals surface area contributed by atoms with Gasteiger partial charge in [0.25, 0.3) is 0 Å². The summed E-state index contributed by atoms with van der Waals surface area (Å²) in [6, 6.07) is -9.72. The summed E-state index contributed by atoms with van der Waals surface area (Å²) in [7, 11) is 0. The van der Waals surface area contributed by atoms with Crippen molar-refractivity contribution in [2.75, 3.05) is 13.2 Å². The Labute approximate surface area is 285 Å². The molecule has 0 bridgehead atoms. The van der Waals surface area contributed by atoms with Crippen LogP contribution in [0.25, 0.3) is 0 Å². The van der Waals surface area contributed by atoms with Crippen molar-refractivity contribution in [3.8, 4) is 0 Å². The van der Waals surface area contributed by atoms with Crippen molar-refractivity contribution in [1.82, 2.24) is 31.9 Å². The van der Waals surface area contributed by atoms with Crippen LogP contribution in [-0.4, -0.2) is 134 Å². The van der Waals surface area contributed by atoms with Gasteiger partial charge in [-0.25, -0.2) is 0 Å². The molecule has 6 amide bonds. The smallest absolute Gasteiger partial charge is 0.325 e. The van der Waals surface area contributed by atoms with Gasteiger partial charge in [0.15, 0.2) is 0 Å². The number of carbonyl (C=O) groups is 10. The number of carbonyl (C=O) groups excluding carboxylic acids is 6. The lowest BCUT2D eigenvalue weighted by Crippen LogP contribution is -2.60. The number of aliphatic hydroxyl groups is 1. The van der Waals surface area contributed by atoms with E-state index in [9.17, 15) is 58.2 Å². The van der Waals surface area contributed by atoms with Crippen LogP contribution in [-0.2, 0) is 47.9 Å². The molecule has 0 rings (SSSR count). The van der Waals surface area contributed by atoms with E-state index in [2.05, 4.69) is 26.6 Å². The zero-order valence-corrected chi connectivity index (χ0v) is 27.6. The molecular weight excluding hydrogens is 674 g/mol. The maximum Gasteiger partial charge on any atom is 0.325 e. The number of hydrogen-bond donors (Lipinski definition) is 12. The summed E-state index contributed by atoms with van der Waals surface area (Å²) < 4.78 is 0. The highest BCUT2D eigenvalue weighted by molar-refractivity contribution is 5.97. The van der Waals surface area contributed by atoms with Gasteiger partial charge in [0.2, 0.25) is 35.4 Å². The van der Waals surface area contributed by atoms with E-state index in [1.54, 1.807) is 13.8 Å². The zero-order chi connectivity index (χ0) is 38.7. The first-order valence-corrected chi connectivity index (χ1v) is 15.2. The van der Waals surface area contributed by atoms with Crippen LogP contribution >= 0.6 is 0 Å². The molecule has 0 aromatic heterocycles. The van der Waals surface area contributed by atoms with Crippen LogP contribution in [0.3, 0.4) is 0 Å². The quantitative estimate of drug-likeness (QED) is 0.0445. The predicted octanol–water partition coefficient (Wildman–Crippen LogP) is -4.80. The number of aliphatic carboxylic acids is 4. The molecule has 0 aliphatic carbocycles. The van der Waals surface area contributed by atoms with Gasteiger partial charge in [-0.1, -0.05) is 13.8 Å². The Balaban J connectivity index is 6.14. The number of nitrogens with one attached hydrogen (secondary N) is 6. The molecule has 0 aromatic rings. The fourth-order valence-corrected chi connectivity index (χ4v) is 4.07. The molecule has 0 aromatic carbocycles. The molecule has 0 heterocycles. The van der Waals surface area contributed by atoms with Crippen LogP contribution in [0, 0.1) is 5.92 Å². The van der Waals surface area contributed by atoms with E-state index in [-0.39, 0.29) is 12.3 Å². The molecule has 50 heavy (non-hydrogen) atoms. The Bertz CT molecular complexity index is 1280. The molecule has 0 radical (unpaired) electrons. The minimum absolute atomic E-state index is 0.0139. The molecule has 0 unspecified atom stereocenters. The summed E-state index contributed by atoms with van der Waals surface area (Å²) in [6.07, 6.45) is -3.65. The molecule has 13 N–H and O–H groups in total. The maximum absolute atomic E-state index is 13.2. The summed E-state index contributed by atoms with van der Waals surface area (Å²) in [5.41, 5.74) is 5.18. The molecule has 22 nitrogen and oxygen atoms in total. The van der Waals surface area contributed by atoms with E-state index in [1.165, 1.54) is 6.92 Å². The van der Waals surface area contributed by atoms with Crippen molar-refractivity contribution in [1.29, 1.82) is 0 Å². The van der Waals surface area contributed by atoms with E-state index in [4.69, 9.17) is 21.1 Å². The fourth-order valence-electron chi connectivity index (χ4n) is 4.07. The highest BCUT2D eigenvalue weighted by Gasteiger charge is 2.33. The Morgan fingerprint density at radius 3 is 1.32 bits per heavy atom. The van der Waals surface area contributed by atoms with Crippen molar-refractivity contribution >= 4 is 59.3 Å². The van der Waals surface area contributed by atoms with E-state index in [0.29, 0.717) is 0 Å². The number of rotatable bonds is 24. The molecule has 0 aliphatic rings. The largest absolute Gasteiger partial charge is 0.481 e. The number of carboxylic acids is 4. The lowest BCUT2D eigenvalue weighted by Gasteiger charge is -2.27. The number of amides is 6. The first-order chi connectivity index (χ1) is 23.2. The van der Waals surface area contributed by atoms with Gasteiger partial charge in [-0.05, 0) is 32.1 Å². The lowest BCUT2D eigenvalue weighted by molar-refractivity contribution is -0.142. The van der Waals surface area contributed by atoms with Crippen LogP contribution in [0.2, 0.25) is 0 Å². The molecule has 6 atom stereocenters. The van der Waals surface area contributed by atoms with E-state index in [0.717, 1.165) is 0 Å². The van der Waals surface area contributed by atoms with E-state index < -0.39 is 141 Å². The second-order valence-electron chi connectivity index (χ2n) is 11.4. The Kier molecular flexibility index (Phi) is 19.9. The molecule has 0 aliphatic heterocycles. The van der Waals surface area contributed by atoms with Gasteiger partial charge >= 0.3 is 23.9 Å². The number of nitrogens with two attached hydrogens (primary N) is 1. The topological polar surface area (TPSA) is 370 Å². The van der Waals surface area contributed by atoms with Gasteiger partial charge in [-0.15, -0.1) is 0 Å². The minimum Gasteiger partial charge on any atom is -0.481 e. The number of aliphatic hydroxyl groups excluding tert-OH is 1. The molecule has 282 valence electrons. The standard InChI is InChI=1S/C28H45N7O15/c1-12(2)8-16(25(46)30-13(3)28(49)50)34-27(48)18(11-36)35-24(45)15(5-7-21(40)41)32-23(44)14(4-6-20(38)39)33-26(47)17(9-22(42)43)31-19(37)10-29/h12-18,36H,4-11,29H2,1-3H3,(H,30,46)(H,31,37)(H,32,44)(H,33,47)(H,34,48)(H,35,45)(H,38,39)(H,40,41)(H,42,43)(H,49,50)/t13-,14-,15-,16-,17-,18-/m0/s1. The van der Waals surface area contributed by atoms with Crippen LogP contribution in [0.5, 0.6) is 0 Å². The summed E-state index contributed by atoms with van der Waals surface area (Å²) in [5, 5.41) is 59.3. The van der Waals surface area contributed by atoms with Gasteiger partial charge in [-0.2, -0.15) is 0 Å². The van der Waals surface area contributed by atoms with Crippen molar-refractivity contribution in [2.45, 2.75) is 95.5 Å². The normalized spacial score (nSPS) is 14.4. The highest BCUT2D eigenvalue weighted by Crippen LogP contribution is 2.08. The second-order valence-corrected chi connectivity index (χ2v) is 11.4. The van der Waals surface area contributed by atoms with Crippen LogP contribution in [0.4, 0.5) is 0 Å². The molecule has 0 saturated carbocycles. The van der Waals surface area contributed by atoms with Crippen molar-refractivity contribution in [3.05, 3.63) is 0 Å². The third-order valence-electron chi connectivity index (χ3n) is 6.66. The molecule has 0 fully saturated rings. The van der Waals surface area contributed by atoms with Crippen molar-refractivity contribution in [3.63, 3.8) is 0 Å². The Morgan fingerprint density at radius 2 is 0.940 bits per heavy atom. The summed E-state index contributed by atoms with van der Waals surface area (Å²) >= 11 is 0. The van der Waals surface area contributed by atoms with Gasteiger partial charge in [-0.3, -0.25) is 47.9 Å². The van der Waals surface area contributed by atoms with Gasteiger partial charge in [0, 0.05) is 12.8 Å². The first kappa shape index (κ1) is 44.6. The summed E-state index contributed by atoms with van der Waals surface area (Å²) in [4.78, 5) is 122. The fraction of sp³-hybridized carbons (Fsp3) is 0.643. The minimum atomic E-state index is -1.78. The average Bonchev–Trinajstić information content (AvgIpc) is 3.01. The van der Waals surface area contributed by atoms with E-state index >= 15 is 0 Å². The van der Waals surface area contributed by atoms with Crippen LogP contribution in [0.15, 0.2) is 0 Å². The van der Waals surface area contributed by atoms with Gasteiger partial charge in [0.05, 0.1) is 19.6 Å². The monoisotopic (exact) mass is 719 g/mol. The van der Waals surface area contributed by atoms with Crippen LogP contribution < -0.4 is 37.6 Å². The summed E-state index contributed by atoms with van der Waals surface area (Å²) in [5.74, 6) is -12.5. The van der Waals surface area contributed by atoms with Gasteiger partial charge < -0.3 is 63.2 Å². The third-order valence-corrected chi connectivity index (χ3v) is 6.66. The van der Waals surface area contributed by atoms with Crippen LogP contribution in [0.1, 0.15) is 59.3 Å². The maximum atomic E-state index is 13.2. The Morgan fingerprint density at radius 1 is 0.540 bits per heavy atom.